The minimum absolute atomic E-state index is 0.520. The Kier molecular flexibility index (Phi) is 4.62. The van der Waals surface area contributed by atoms with Crippen LogP contribution < -0.4 is 16.4 Å². The van der Waals surface area contributed by atoms with Crippen LogP contribution in [0.5, 0.6) is 0 Å². The van der Waals surface area contributed by atoms with E-state index in [2.05, 4.69) is 25.5 Å². The quantitative estimate of drug-likeness (QED) is 0.721. The topological polar surface area (TPSA) is 79.1 Å². The van der Waals surface area contributed by atoms with Crippen LogP contribution in [0.25, 0.3) is 11.0 Å². The van der Waals surface area contributed by atoms with E-state index in [-0.39, 0.29) is 0 Å². The molecule has 1 aliphatic rings. The van der Waals surface area contributed by atoms with Crippen LogP contribution in [0.1, 0.15) is 0 Å². The third kappa shape index (κ3) is 3.41. The Bertz CT molecular complexity index is 688. The van der Waals surface area contributed by atoms with Crippen molar-refractivity contribution in [2.75, 3.05) is 31.6 Å². The van der Waals surface area contributed by atoms with Crippen molar-refractivity contribution in [3.8, 4) is 0 Å². The number of aromatic nitrogens is 2. The number of rotatable bonds is 5. The summed E-state index contributed by atoms with van der Waals surface area (Å²) in [6, 6.07) is 7.81. The van der Waals surface area contributed by atoms with Gasteiger partial charge in [-0.3, -0.25) is 10.3 Å². The van der Waals surface area contributed by atoms with Gasteiger partial charge in [-0.2, -0.15) is 0 Å². The highest BCUT2D eigenvalue weighted by molar-refractivity contribution is 5.75. The summed E-state index contributed by atoms with van der Waals surface area (Å²) in [6.07, 6.45) is 7.63. The third-order valence-electron chi connectivity index (χ3n) is 3.49. The molecule has 6 heteroatoms. The SMILES string of the molecule is NC/C=C(\C=C/Nc1cnc2ccccc2n1)N1CCNC1. The molecule has 1 fully saturated rings. The van der Waals surface area contributed by atoms with E-state index in [1.54, 1.807) is 6.20 Å². The fourth-order valence-corrected chi connectivity index (χ4v) is 2.39. The number of hydrogen-bond donors (Lipinski definition) is 3. The van der Waals surface area contributed by atoms with Crippen molar-refractivity contribution in [3.05, 3.63) is 54.5 Å². The molecule has 0 bridgehead atoms. The molecule has 2 aromatic rings. The lowest BCUT2D eigenvalue weighted by Crippen LogP contribution is -2.21. The summed E-state index contributed by atoms with van der Waals surface area (Å²) in [5, 5.41) is 6.47. The summed E-state index contributed by atoms with van der Waals surface area (Å²) in [4.78, 5) is 11.1. The van der Waals surface area contributed by atoms with Crippen LogP contribution in [-0.4, -0.2) is 41.2 Å². The van der Waals surface area contributed by atoms with Gasteiger partial charge in [0.25, 0.3) is 0 Å². The van der Waals surface area contributed by atoms with Crippen molar-refractivity contribution in [1.29, 1.82) is 0 Å². The van der Waals surface area contributed by atoms with Gasteiger partial charge in [-0.15, -0.1) is 0 Å². The van der Waals surface area contributed by atoms with Gasteiger partial charge < -0.3 is 16.0 Å². The number of nitrogens with two attached hydrogens (primary N) is 1. The number of hydrogen-bond acceptors (Lipinski definition) is 6. The summed E-state index contributed by atoms with van der Waals surface area (Å²) < 4.78 is 0. The van der Waals surface area contributed by atoms with E-state index in [0.717, 1.165) is 42.3 Å². The maximum atomic E-state index is 5.64. The Morgan fingerprint density at radius 2 is 2.23 bits per heavy atom. The number of nitrogens with one attached hydrogen (secondary N) is 2. The van der Waals surface area contributed by atoms with E-state index >= 15 is 0 Å². The molecule has 1 aliphatic heterocycles. The molecule has 0 radical (unpaired) electrons. The summed E-state index contributed by atoms with van der Waals surface area (Å²) in [5.74, 6) is 0.724. The molecule has 1 aromatic heterocycles. The van der Waals surface area contributed by atoms with Crippen molar-refractivity contribution in [1.82, 2.24) is 20.2 Å². The van der Waals surface area contributed by atoms with Crippen LogP contribution in [0, 0.1) is 0 Å². The predicted molar refractivity (Wildman–Crippen MR) is 89.0 cm³/mol. The lowest BCUT2D eigenvalue weighted by Gasteiger charge is -2.17. The highest BCUT2D eigenvalue weighted by Crippen LogP contribution is 2.12. The second-order valence-electron chi connectivity index (χ2n) is 5.01. The second-order valence-corrected chi connectivity index (χ2v) is 5.01. The summed E-state index contributed by atoms with van der Waals surface area (Å²) >= 11 is 0. The zero-order valence-electron chi connectivity index (χ0n) is 12.4. The van der Waals surface area contributed by atoms with Crippen molar-refractivity contribution in [2.45, 2.75) is 0 Å². The minimum atomic E-state index is 0.520. The molecule has 4 N–H and O–H groups in total. The molecule has 114 valence electrons. The van der Waals surface area contributed by atoms with Crippen molar-refractivity contribution in [2.24, 2.45) is 5.73 Å². The second kappa shape index (κ2) is 7.02. The summed E-state index contributed by atoms with van der Waals surface area (Å²) in [5.41, 5.74) is 8.52. The number of fused-ring (bicyclic) bond motifs is 1. The fraction of sp³-hybridized carbons (Fsp3) is 0.250. The fourth-order valence-electron chi connectivity index (χ4n) is 2.39. The maximum absolute atomic E-state index is 5.64. The highest BCUT2D eigenvalue weighted by Gasteiger charge is 2.11. The van der Waals surface area contributed by atoms with E-state index in [4.69, 9.17) is 5.73 Å². The molecule has 1 aromatic carbocycles. The Morgan fingerprint density at radius 3 is 3.00 bits per heavy atom. The normalized spacial score (nSPS) is 15.9. The van der Waals surface area contributed by atoms with Gasteiger partial charge in [0.2, 0.25) is 0 Å². The highest BCUT2D eigenvalue weighted by atomic mass is 15.3. The molecule has 0 aliphatic carbocycles. The number of anilines is 1. The first-order valence-electron chi connectivity index (χ1n) is 7.37. The third-order valence-corrected chi connectivity index (χ3v) is 3.49. The molecule has 0 saturated carbocycles. The van der Waals surface area contributed by atoms with Gasteiger partial charge in [0.1, 0.15) is 5.82 Å². The van der Waals surface area contributed by atoms with Crippen LogP contribution in [0.2, 0.25) is 0 Å². The Hall–Kier alpha value is -2.44. The van der Waals surface area contributed by atoms with Crippen LogP contribution in [0.3, 0.4) is 0 Å². The van der Waals surface area contributed by atoms with E-state index in [1.165, 1.54) is 0 Å². The molecule has 1 saturated heterocycles. The van der Waals surface area contributed by atoms with Gasteiger partial charge >= 0.3 is 0 Å². The van der Waals surface area contributed by atoms with E-state index in [1.807, 2.05) is 42.6 Å². The van der Waals surface area contributed by atoms with Gasteiger partial charge in [-0.25, -0.2) is 4.98 Å². The smallest absolute Gasteiger partial charge is 0.149 e. The number of nitrogens with zero attached hydrogens (tertiary/aromatic N) is 3. The average molecular weight is 296 g/mol. The van der Waals surface area contributed by atoms with E-state index < -0.39 is 0 Å². The van der Waals surface area contributed by atoms with E-state index in [0.29, 0.717) is 6.54 Å². The molecule has 3 rings (SSSR count). The number of benzene rings is 1. The van der Waals surface area contributed by atoms with Gasteiger partial charge in [-0.1, -0.05) is 12.1 Å². The summed E-state index contributed by atoms with van der Waals surface area (Å²) in [7, 11) is 0. The molecule has 22 heavy (non-hydrogen) atoms. The summed E-state index contributed by atoms with van der Waals surface area (Å²) in [6.45, 7) is 3.36. The van der Waals surface area contributed by atoms with Gasteiger partial charge in [0.15, 0.2) is 0 Å². The molecular weight excluding hydrogens is 276 g/mol. The first-order valence-corrected chi connectivity index (χ1v) is 7.37. The first kappa shape index (κ1) is 14.5. The molecule has 2 heterocycles. The Morgan fingerprint density at radius 1 is 1.36 bits per heavy atom. The van der Waals surface area contributed by atoms with Crippen LogP contribution >= 0.6 is 0 Å². The zero-order chi connectivity index (χ0) is 15.2. The van der Waals surface area contributed by atoms with Gasteiger partial charge in [0, 0.05) is 31.5 Å². The standard InChI is InChI=1S/C16H20N6/c17-7-5-13(22-10-9-18-12-22)6-8-19-16-11-20-14-3-1-2-4-15(14)21-16/h1-6,8,11,18H,7,9-10,12,17H2,(H,19,21)/b8-6-,13-5+. The maximum Gasteiger partial charge on any atom is 0.149 e. The molecule has 0 atom stereocenters. The largest absolute Gasteiger partial charge is 0.358 e. The molecule has 6 nitrogen and oxygen atoms in total. The van der Waals surface area contributed by atoms with Crippen molar-refractivity contribution >= 4 is 16.9 Å². The molecule has 0 amide bonds. The zero-order valence-corrected chi connectivity index (χ0v) is 12.4. The molecule has 0 unspecified atom stereocenters. The minimum Gasteiger partial charge on any atom is -0.358 e. The van der Waals surface area contributed by atoms with Crippen molar-refractivity contribution in [3.63, 3.8) is 0 Å². The van der Waals surface area contributed by atoms with Crippen molar-refractivity contribution < 1.29 is 0 Å². The lowest BCUT2D eigenvalue weighted by molar-refractivity contribution is 0.433. The molecular formula is C16H20N6. The Labute approximate surface area is 129 Å². The number of allylic oxidation sites excluding steroid dienone is 1. The monoisotopic (exact) mass is 296 g/mol. The van der Waals surface area contributed by atoms with Crippen LogP contribution in [-0.2, 0) is 0 Å². The van der Waals surface area contributed by atoms with Gasteiger partial charge in [-0.05, 0) is 24.3 Å². The lowest BCUT2D eigenvalue weighted by atomic mass is 10.3. The Balaban J connectivity index is 1.69. The molecule has 0 spiro atoms. The number of para-hydroxylation sites is 2. The van der Waals surface area contributed by atoms with Crippen LogP contribution in [0.15, 0.2) is 54.5 Å². The first-order chi connectivity index (χ1) is 10.9. The average Bonchev–Trinajstić information content (AvgIpc) is 3.08. The predicted octanol–water partition coefficient (Wildman–Crippen LogP) is 1.26. The van der Waals surface area contributed by atoms with Gasteiger partial charge in [0.05, 0.1) is 23.9 Å². The van der Waals surface area contributed by atoms with E-state index in [9.17, 15) is 0 Å². The van der Waals surface area contributed by atoms with Crippen LogP contribution in [0.4, 0.5) is 5.82 Å².